The Morgan fingerprint density at radius 1 is 1.22 bits per heavy atom. The molecule has 1 amide bonds. The molecule has 0 aliphatic heterocycles. The molecule has 3 N–H and O–H groups in total. The molecule has 0 radical (unpaired) electrons. The third kappa shape index (κ3) is 10.6. The first-order chi connectivity index (χ1) is 12.7. The molecule has 6 heteroatoms. The van der Waals surface area contributed by atoms with Crippen molar-refractivity contribution in [1.29, 1.82) is 0 Å². The highest BCUT2D eigenvalue weighted by Crippen LogP contribution is 2.08. The molecule has 0 fully saturated rings. The van der Waals surface area contributed by atoms with E-state index in [9.17, 15) is 4.79 Å². The van der Waals surface area contributed by atoms with Crippen LogP contribution in [-0.4, -0.2) is 44.2 Å². The molecular formula is C21H36N4O2. The first-order valence-corrected chi connectivity index (χ1v) is 9.65. The highest BCUT2D eigenvalue weighted by atomic mass is 16.5. The van der Waals surface area contributed by atoms with Gasteiger partial charge in [-0.15, -0.1) is 0 Å². The second kappa shape index (κ2) is 11.6. The average Bonchev–Trinajstić information content (AvgIpc) is 2.59. The van der Waals surface area contributed by atoms with Crippen LogP contribution >= 0.6 is 0 Å². The van der Waals surface area contributed by atoms with Crippen LogP contribution in [0.15, 0.2) is 29.3 Å². The number of amides is 1. The van der Waals surface area contributed by atoms with E-state index in [1.165, 1.54) is 0 Å². The number of carbonyl (C=O) groups excluding carboxylic acids is 1. The fraction of sp³-hybridized carbons (Fsp3) is 0.619. The quantitative estimate of drug-likeness (QED) is 0.352. The van der Waals surface area contributed by atoms with E-state index in [1.807, 2.05) is 45.0 Å². The van der Waals surface area contributed by atoms with E-state index < -0.39 is 0 Å². The Balaban J connectivity index is 2.42. The smallest absolute Gasteiger partial charge is 0.251 e. The maximum atomic E-state index is 12.3. The number of benzene rings is 1. The highest BCUT2D eigenvalue weighted by molar-refractivity contribution is 5.94. The number of nitrogens with zero attached hydrogens (tertiary/aromatic N) is 1. The topological polar surface area (TPSA) is 74.8 Å². The van der Waals surface area contributed by atoms with Gasteiger partial charge in [0.05, 0.1) is 0 Å². The lowest BCUT2D eigenvalue weighted by Crippen LogP contribution is -2.40. The van der Waals surface area contributed by atoms with E-state index in [0.29, 0.717) is 18.0 Å². The first kappa shape index (κ1) is 23.0. The summed E-state index contributed by atoms with van der Waals surface area (Å²) in [5, 5.41) is 9.53. The fourth-order valence-corrected chi connectivity index (χ4v) is 2.34. The van der Waals surface area contributed by atoms with Crippen LogP contribution in [0.25, 0.3) is 0 Å². The number of ether oxygens (including phenoxy) is 1. The Morgan fingerprint density at radius 2 is 1.96 bits per heavy atom. The molecule has 0 saturated carbocycles. The molecule has 27 heavy (non-hydrogen) atoms. The molecule has 0 unspecified atom stereocenters. The van der Waals surface area contributed by atoms with Crippen LogP contribution in [0.1, 0.15) is 57.0 Å². The van der Waals surface area contributed by atoms with Gasteiger partial charge in [-0.05, 0) is 50.8 Å². The number of hydrogen-bond acceptors (Lipinski definition) is 3. The van der Waals surface area contributed by atoms with Crippen molar-refractivity contribution in [1.82, 2.24) is 16.0 Å². The number of rotatable bonds is 9. The molecule has 1 rings (SSSR count). The first-order valence-electron chi connectivity index (χ1n) is 9.65. The van der Waals surface area contributed by atoms with Crippen LogP contribution < -0.4 is 16.0 Å². The average molecular weight is 377 g/mol. The SMILES string of the molecule is CN=C(NCCCOCC(C)C)NCc1cccc(C(=O)NC(C)(C)C)c1. The molecular weight excluding hydrogens is 340 g/mol. The molecule has 0 aliphatic carbocycles. The molecule has 1 aromatic carbocycles. The standard InChI is InChI=1S/C21H36N4O2/c1-16(2)15-27-12-8-11-23-20(22-6)24-14-17-9-7-10-18(13-17)19(26)25-21(3,4)5/h7,9-10,13,16H,8,11-12,14-15H2,1-6H3,(H,25,26)(H2,22,23,24). The van der Waals surface area contributed by atoms with Crippen LogP contribution in [-0.2, 0) is 11.3 Å². The van der Waals surface area contributed by atoms with Gasteiger partial charge in [-0.25, -0.2) is 0 Å². The third-order valence-corrected chi connectivity index (χ3v) is 3.57. The van der Waals surface area contributed by atoms with Gasteiger partial charge in [0.15, 0.2) is 5.96 Å². The molecule has 152 valence electrons. The Labute approximate surface area is 164 Å². The number of aliphatic imine (C=N–C) groups is 1. The summed E-state index contributed by atoms with van der Waals surface area (Å²) in [6, 6.07) is 7.63. The summed E-state index contributed by atoms with van der Waals surface area (Å²) < 4.78 is 5.57. The van der Waals surface area contributed by atoms with Crippen LogP contribution in [0.3, 0.4) is 0 Å². The van der Waals surface area contributed by atoms with Crippen LogP contribution in [0.4, 0.5) is 0 Å². The molecule has 0 aromatic heterocycles. The van der Waals surface area contributed by atoms with Crippen LogP contribution in [0.5, 0.6) is 0 Å². The van der Waals surface area contributed by atoms with E-state index in [-0.39, 0.29) is 11.4 Å². The summed E-state index contributed by atoms with van der Waals surface area (Å²) in [4.78, 5) is 16.5. The van der Waals surface area contributed by atoms with Crippen molar-refractivity contribution in [2.45, 2.75) is 53.1 Å². The molecule has 6 nitrogen and oxygen atoms in total. The van der Waals surface area contributed by atoms with E-state index in [4.69, 9.17) is 4.74 Å². The lowest BCUT2D eigenvalue weighted by Gasteiger charge is -2.20. The zero-order valence-corrected chi connectivity index (χ0v) is 17.7. The van der Waals surface area contributed by atoms with Gasteiger partial charge in [0.2, 0.25) is 0 Å². The molecule has 0 heterocycles. The molecule has 0 bridgehead atoms. The van der Waals surface area contributed by atoms with Crippen LogP contribution in [0.2, 0.25) is 0 Å². The third-order valence-electron chi connectivity index (χ3n) is 3.57. The lowest BCUT2D eigenvalue weighted by atomic mass is 10.1. The number of hydrogen-bond donors (Lipinski definition) is 3. The highest BCUT2D eigenvalue weighted by Gasteiger charge is 2.15. The Kier molecular flexibility index (Phi) is 9.86. The van der Waals surface area contributed by atoms with E-state index in [0.717, 1.165) is 37.7 Å². The minimum absolute atomic E-state index is 0.0618. The predicted octanol–water partition coefficient (Wildman–Crippen LogP) is 2.94. The maximum absolute atomic E-state index is 12.3. The van der Waals surface area contributed by atoms with Crippen molar-refractivity contribution in [3.63, 3.8) is 0 Å². The molecule has 0 atom stereocenters. The van der Waals surface area contributed by atoms with Crippen molar-refractivity contribution in [3.05, 3.63) is 35.4 Å². The minimum Gasteiger partial charge on any atom is -0.381 e. The van der Waals surface area contributed by atoms with Gasteiger partial charge in [0, 0.05) is 44.5 Å². The molecule has 0 aliphatic rings. The maximum Gasteiger partial charge on any atom is 0.251 e. The van der Waals surface area contributed by atoms with Crippen molar-refractivity contribution < 1.29 is 9.53 Å². The monoisotopic (exact) mass is 376 g/mol. The van der Waals surface area contributed by atoms with Crippen molar-refractivity contribution in [3.8, 4) is 0 Å². The van der Waals surface area contributed by atoms with Gasteiger partial charge in [-0.3, -0.25) is 9.79 Å². The predicted molar refractivity (Wildman–Crippen MR) is 112 cm³/mol. The summed E-state index contributed by atoms with van der Waals surface area (Å²) >= 11 is 0. The number of guanidine groups is 1. The number of nitrogens with one attached hydrogen (secondary N) is 3. The Hall–Kier alpha value is -2.08. The van der Waals surface area contributed by atoms with Gasteiger partial charge in [0.25, 0.3) is 5.91 Å². The van der Waals surface area contributed by atoms with Gasteiger partial charge >= 0.3 is 0 Å². The largest absolute Gasteiger partial charge is 0.381 e. The van der Waals surface area contributed by atoms with E-state index in [2.05, 4.69) is 34.8 Å². The Bertz CT molecular complexity index is 606. The lowest BCUT2D eigenvalue weighted by molar-refractivity contribution is 0.0919. The summed E-state index contributed by atoms with van der Waals surface area (Å²) in [7, 11) is 1.75. The fourth-order valence-electron chi connectivity index (χ4n) is 2.34. The summed E-state index contributed by atoms with van der Waals surface area (Å²) in [5.74, 6) is 1.24. The van der Waals surface area contributed by atoms with Gasteiger partial charge in [-0.1, -0.05) is 26.0 Å². The molecule has 0 saturated heterocycles. The normalized spacial score (nSPS) is 12.2. The van der Waals surface area contributed by atoms with Crippen molar-refractivity contribution in [2.75, 3.05) is 26.8 Å². The summed E-state index contributed by atoms with van der Waals surface area (Å²) in [6.07, 6.45) is 0.926. The van der Waals surface area contributed by atoms with Gasteiger partial charge in [-0.2, -0.15) is 0 Å². The van der Waals surface area contributed by atoms with Crippen molar-refractivity contribution >= 4 is 11.9 Å². The summed E-state index contributed by atoms with van der Waals surface area (Å²) in [5.41, 5.74) is 1.44. The van der Waals surface area contributed by atoms with E-state index in [1.54, 1.807) is 7.05 Å². The van der Waals surface area contributed by atoms with E-state index >= 15 is 0 Å². The second-order valence-electron chi connectivity index (χ2n) is 8.08. The molecule has 0 spiro atoms. The zero-order valence-electron chi connectivity index (χ0n) is 17.7. The van der Waals surface area contributed by atoms with Gasteiger partial charge in [0.1, 0.15) is 0 Å². The Morgan fingerprint density at radius 3 is 2.59 bits per heavy atom. The minimum atomic E-state index is -0.254. The molecule has 1 aromatic rings. The van der Waals surface area contributed by atoms with Crippen molar-refractivity contribution in [2.24, 2.45) is 10.9 Å². The van der Waals surface area contributed by atoms with Crippen LogP contribution in [0, 0.1) is 5.92 Å². The number of carbonyl (C=O) groups is 1. The summed E-state index contributed by atoms with van der Waals surface area (Å²) in [6.45, 7) is 13.1. The zero-order chi connectivity index (χ0) is 20.3. The second-order valence-corrected chi connectivity index (χ2v) is 8.08. The van der Waals surface area contributed by atoms with Gasteiger partial charge < -0.3 is 20.7 Å².